The van der Waals surface area contributed by atoms with E-state index < -0.39 is 0 Å². The van der Waals surface area contributed by atoms with Gasteiger partial charge < -0.3 is 9.30 Å². The Labute approximate surface area is 160 Å². The van der Waals surface area contributed by atoms with Gasteiger partial charge in [0.2, 0.25) is 0 Å². The van der Waals surface area contributed by atoms with Crippen LogP contribution in [0.1, 0.15) is 17.0 Å². The van der Waals surface area contributed by atoms with Crippen molar-refractivity contribution in [1.82, 2.24) is 14.5 Å². The molecule has 0 bridgehead atoms. The number of benzene rings is 1. The summed E-state index contributed by atoms with van der Waals surface area (Å²) in [5.74, 6) is 0.885. The number of nitrogens with zero attached hydrogens (tertiary/aromatic N) is 3. The Balaban J connectivity index is 1.26. The number of imidazole rings is 1. The lowest BCUT2D eigenvalue weighted by Gasteiger charge is -2.06. The van der Waals surface area contributed by atoms with Crippen LogP contribution in [0.2, 0.25) is 0 Å². The van der Waals surface area contributed by atoms with Crippen LogP contribution in [0.5, 0.6) is 5.75 Å². The third-order valence-electron chi connectivity index (χ3n) is 4.05. The van der Waals surface area contributed by atoms with Crippen molar-refractivity contribution in [3.05, 3.63) is 76.5 Å². The maximum Gasteiger partial charge on any atom is 0.140 e. The SMILES string of the molecule is c1csc(-c2csc(COc3ccc(CCCn4ccnc4)cc3)n2)c1. The fraction of sp³-hybridized carbons (Fsp3) is 0.200. The number of aryl methyl sites for hydroxylation is 2. The molecule has 4 aromatic rings. The third-order valence-corrected chi connectivity index (χ3v) is 5.77. The molecule has 0 fully saturated rings. The molecule has 132 valence electrons. The van der Waals surface area contributed by atoms with E-state index in [4.69, 9.17) is 4.74 Å². The summed E-state index contributed by atoms with van der Waals surface area (Å²) in [6, 6.07) is 12.5. The van der Waals surface area contributed by atoms with Crippen molar-refractivity contribution in [2.75, 3.05) is 0 Å². The minimum atomic E-state index is 0.510. The summed E-state index contributed by atoms with van der Waals surface area (Å²) in [6.07, 6.45) is 7.83. The molecule has 0 aliphatic carbocycles. The van der Waals surface area contributed by atoms with E-state index in [0.29, 0.717) is 6.61 Å². The summed E-state index contributed by atoms with van der Waals surface area (Å²) in [4.78, 5) is 9.91. The average molecular weight is 382 g/mol. The number of ether oxygens (including phenoxy) is 1. The van der Waals surface area contributed by atoms with E-state index in [1.54, 1.807) is 22.7 Å². The van der Waals surface area contributed by atoms with E-state index in [9.17, 15) is 0 Å². The van der Waals surface area contributed by atoms with Gasteiger partial charge in [0.25, 0.3) is 0 Å². The Kier molecular flexibility index (Phi) is 5.42. The molecule has 6 heteroatoms. The quantitative estimate of drug-likeness (QED) is 0.417. The fourth-order valence-electron chi connectivity index (χ4n) is 2.70. The highest BCUT2D eigenvalue weighted by Gasteiger charge is 2.06. The van der Waals surface area contributed by atoms with Crippen molar-refractivity contribution in [2.45, 2.75) is 26.0 Å². The first kappa shape index (κ1) is 17.0. The van der Waals surface area contributed by atoms with Gasteiger partial charge >= 0.3 is 0 Å². The van der Waals surface area contributed by atoms with Gasteiger partial charge in [0.1, 0.15) is 17.4 Å². The van der Waals surface area contributed by atoms with Gasteiger partial charge in [-0.25, -0.2) is 9.97 Å². The van der Waals surface area contributed by atoms with Crippen LogP contribution in [-0.2, 0) is 19.6 Å². The van der Waals surface area contributed by atoms with Crippen molar-refractivity contribution in [3.63, 3.8) is 0 Å². The molecule has 0 saturated carbocycles. The zero-order chi connectivity index (χ0) is 17.6. The number of rotatable bonds is 8. The van der Waals surface area contributed by atoms with Gasteiger partial charge in [-0.2, -0.15) is 0 Å². The van der Waals surface area contributed by atoms with Crippen molar-refractivity contribution in [2.24, 2.45) is 0 Å². The Morgan fingerprint density at radius 2 is 2.00 bits per heavy atom. The molecule has 0 spiro atoms. The van der Waals surface area contributed by atoms with E-state index in [2.05, 4.69) is 43.5 Å². The molecule has 1 aromatic carbocycles. The Bertz CT molecular complexity index is 913. The Morgan fingerprint density at radius 1 is 1.08 bits per heavy atom. The molecule has 3 heterocycles. The maximum atomic E-state index is 5.88. The van der Waals surface area contributed by atoms with E-state index in [1.165, 1.54) is 10.4 Å². The number of hydrogen-bond donors (Lipinski definition) is 0. The molecule has 4 nitrogen and oxygen atoms in total. The number of aromatic nitrogens is 3. The van der Waals surface area contributed by atoms with Crippen LogP contribution in [0.3, 0.4) is 0 Å². The summed E-state index contributed by atoms with van der Waals surface area (Å²) >= 11 is 3.35. The highest BCUT2D eigenvalue weighted by atomic mass is 32.1. The molecule has 0 unspecified atom stereocenters. The first-order valence-electron chi connectivity index (χ1n) is 8.52. The van der Waals surface area contributed by atoms with Crippen LogP contribution in [0.15, 0.2) is 65.9 Å². The third kappa shape index (κ3) is 4.39. The highest BCUT2D eigenvalue weighted by Crippen LogP contribution is 2.26. The predicted octanol–water partition coefficient (Wildman–Crippen LogP) is 5.28. The smallest absolute Gasteiger partial charge is 0.140 e. The monoisotopic (exact) mass is 381 g/mol. The highest BCUT2D eigenvalue weighted by molar-refractivity contribution is 7.14. The standard InChI is InChI=1S/C20H19N3OS2/c1(10-23-11-9-21-15-23)3-16-5-7-17(8-6-16)24-13-20-22-18(14-26-20)19-4-2-12-25-19/h2,4-9,11-12,14-15H,1,3,10,13H2. The summed E-state index contributed by atoms with van der Waals surface area (Å²) in [7, 11) is 0. The van der Waals surface area contributed by atoms with Crippen molar-refractivity contribution in [3.8, 4) is 16.3 Å². The molecule has 0 aliphatic heterocycles. The molecule has 0 saturated heterocycles. The van der Waals surface area contributed by atoms with Crippen LogP contribution >= 0.6 is 22.7 Å². The van der Waals surface area contributed by atoms with Gasteiger partial charge in [-0.05, 0) is 42.0 Å². The van der Waals surface area contributed by atoms with Gasteiger partial charge in [-0.15, -0.1) is 22.7 Å². The fourth-order valence-corrected chi connectivity index (χ4v) is 4.16. The zero-order valence-electron chi connectivity index (χ0n) is 14.2. The molecule has 4 rings (SSSR count). The molecule has 0 amide bonds. The van der Waals surface area contributed by atoms with Crippen LogP contribution < -0.4 is 4.74 Å². The lowest BCUT2D eigenvalue weighted by Crippen LogP contribution is -1.97. The molecule has 0 atom stereocenters. The predicted molar refractivity (Wildman–Crippen MR) is 107 cm³/mol. The number of hydrogen-bond acceptors (Lipinski definition) is 5. The van der Waals surface area contributed by atoms with Crippen LogP contribution in [0, 0.1) is 0 Å². The van der Waals surface area contributed by atoms with Crippen molar-refractivity contribution >= 4 is 22.7 Å². The largest absolute Gasteiger partial charge is 0.486 e. The molecule has 0 N–H and O–H groups in total. The van der Waals surface area contributed by atoms with Gasteiger partial charge in [-0.3, -0.25) is 0 Å². The zero-order valence-corrected chi connectivity index (χ0v) is 15.9. The summed E-state index contributed by atoms with van der Waals surface area (Å²) in [5.41, 5.74) is 2.36. The number of thiazole rings is 1. The van der Waals surface area contributed by atoms with Crippen molar-refractivity contribution < 1.29 is 4.74 Å². The van der Waals surface area contributed by atoms with Crippen LogP contribution in [-0.4, -0.2) is 14.5 Å². The topological polar surface area (TPSA) is 39.9 Å². The second-order valence-corrected chi connectivity index (χ2v) is 7.83. The molecule has 26 heavy (non-hydrogen) atoms. The summed E-state index contributed by atoms with van der Waals surface area (Å²) < 4.78 is 7.99. The second-order valence-electron chi connectivity index (χ2n) is 5.94. The lowest BCUT2D eigenvalue weighted by molar-refractivity contribution is 0.305. The first-order valence-corrected chi connectivity index (χ1v) is 10.3. The van der Waals surface area contributed by atoms with Gasteiger partial charge in [0, 0.05) is 24.3 Å². The lowest BCUT2D eigenvalue weighted by atomic mass is 10.1. The normalized spacial score (nSPS) is 10.9. The van der Waals surface area contributed by atoms with E-state index in [0.717, 1.165) is 35.8 Å². The average Bonchev–Trinajstić information content (AvgIpc) is 3.42. The minimum absolute atomic E-state index is 0.510. The summed E-state index contributed by atoms with van der Waals surface area (Å²) in [6.45, 7) is 1.50. The van der Waals surface area contributed by atoms with E-state index in [-0.39, 0.29) is 0 Å². The molecular weight excluding hydrogens is 362 g/mol. The van der Waals surface area contributed by atoms with Gasteiger partial charge in [0.05, 0.1) is 16.9 Å². The Hall–Kier alpha value is -2.44. The minimum Gasteiger partial charge on any atom is -0.486 e. The molecule has 0 aliphatic rings. The van der Waals surface area contributed by atoms with Gasteiger partial charge in [-0.1, -0.05) is 18.2 Å². The van der Waals surface area contributed by atoms with Crippen LogP contribution in [0.4, 0.5) is 0 Å². The van der Waals surface area contributed by atoms with Crippen molar-refractivity contribution in [1.29, 1.82) is 0 Å². The summed E-state index contributed by atoms with van der Waals surface area (Å²) in [5, 5.41) is 5.16. The van der Waals surface area contributed by atoms with Crippen LogP contribution in [0.25, 0.3) is 10.6 Å². The van der Waals surface area contributed by atoms with E-state index >= 15 is 0 Å². The molecule has 0 radical (unpaired) electrons. The first-order chi connectivity index (χ1) is 12.9. The molecule has 3 aromatic heterocycles. The Morgan fingerprint density at radius 3 is 2.77 bits per heavy atom. The van der Waals surface area contributed by atoms with E-state index in [1.807, 2.05) is 36.9 Å². The maximum absolute atomic E-state index is 5.88. The van der Waals surface area contributed by atoms with Gasteiger partial charge in [0.15, 0.2) is 0 Å². The second kappa shape index (κ2) is 8.29. The molecular formula is C20H19N3OS2. The number of thiophene rings is 1.